The molecule has 0 aromatic carbocycles. The zero-order valence-electron chi connectivity index (χ0n) is 12.1. The predicted octanol–water partition coefficient (Wildman–Crippen LogP) is 3.36. The van der Waals surface area contributed by atoms with E-state index in [4.69, 9.17) is 11.5 Å². The van der Waals surface area contributed by atoms with E-state index in [0.29, 0.717) is 6.42 Å². The molecule has 0 aromatic heterocycles. The Morgan fingerprint density at radius 1 is 0.900 bits per heavy atom. The number of rotatable bonds is 3. The van der Waals surface area contributed by atoms with Crippen LogP contribution in [0.25, 0.3) is 0 Å². The van der Waals surface area contributed by atoms with E-state index in [0.717, 1.165) is 6.42 Å². The molecule has 0 atom stereocenters. The first-order valence-electron chi connectivity index (χ1n) is 8.47. The number of hydrogen-bond acceptors (Lipinski definition) is 3. The molecule has 20 heavy (non-hydrogen) atoms. The van der Waals surface area contributed by atoms with Crippen molar-refractivity contribution in [3.63, 3.8) is 0 Å². The summed E-state index contributed by atoms with van der Waals surface area (Å²) in [7, 11) is 0. The molecule has 10 aliphatic rings. The molecule has 4 N–H and O–H groups in total. The summed E-state index contributed by atoms with van der Waals surface area (Å²) < 4.78 is 0. The number of carbonyl (C=O) groups excluding carboxylic acids is 1. The van der Waals surface area contributed by atoms with Gasteiger partial charge >= 0.3 is 54.7 Å². The van der Waals surface area contributed by atoms with Gasteiger partial charge in [0, 0.05) is 0 Å². The minimum absolute atomic E-state index is 0.149. The fourth-order valence-corrected chi connectivity index (χ4v) is 88.6. The van der Waals surface area contributed by atoms with Crippen LogP contribution >= 0.6 is 0 Å². The van der Waals surface area contributed by atoms with E-state index >= 15 is 0 Å². The van der Waals surface area contributed by atoms with E-state index in [2.05, 4.69) is 0 Å². The van der Waals surface area contributed by atoms with Crippen LogP contribution in [0.3, 0.4) is 0 Å². The van der Waals surface area contributed by atoms with Crippen molar-refractivity contribution in [1.82, 2.24) is 0 Å². The molecule has 0 amide bonds. The summed E-state index contributed by atoms with van der Waals surface area (Å²) >= 11 is 0. The zero-order valence-corrected chi connectivity index (χ0v) is 13.2. The second-order valence-corrected chi connectivity index (χ2v) is 35.9. The van der Waals surface area contributed by atoms with Gasteiger partial charge in [-0.15, -0.1) is 0 Å². The van der Waals surface area contributed by atoms with Crippen LogP contribution in [-0.2, 0) is 11.3 Å². The van der Waals surface area contributed by atoms with Gasteiger partial charge in [0.15, 0.2) is 5.78 Å². The van der Waals surface area contributed by atoms with E-state index in [1.807, 2.05) is 6.92 Å². The minimum atomic E-state index is -2.28. The molecule has 112 valence electrons. The number of ketones is 1. The average molecular weight is 316 g/mol. The number of nitrogens with two attached hydrogens (primary N) is 2. The molecule has 10 heterocycles. The van der Waals surface area contributed by atoms with Crippen LogP contribution in [0.4, 0.5) is 0 Å². The zero-order chi connectivity index (χ0) is 13.6. The number of Topliss-reactive ketones (excluding diaryl/α,β-unsaturated/α-hetero) is 1. The predicted molar refractivity (Wildman–Crippen MR) is 74.2 cm³/mol. The van der Waals surface area contributed by atoms with Crippen LogP contribution in [0, 0.1) is 0 Å². The van der Waals surface area contributed by atoms with Crippen molar-refractivity contribution < 1.29 is 11.3 Å². The van der Waals surface area contributed by atoms with Gasteiger partial charge in [-0.05, 0) is 13.3 Å². The molecule has 4 heteroatoms. The summed E-state index contributed by atoms with van der Waals surface area (Å²) in [5.74, 6) is -0.149. The number of carbonyl (C=O) groups is 1. The molecule has 1 spiro atoms. The molecule has 0 bridgehead atoms. The second kappa shape index (κ2) is 0.845. The van der Waals surface area contributed by atoms with Crippen molar-refractivity contribution >= 4 is 5.78 Å². The maximum absolute atomic E-state index is 10.6. The molecule has 0 saturated carbocycles. The van der Waals surface area contributed by atoms with Crippen LogP contribution in [-0.4, -0.2) is 11.4 Å². The Hall–Kier alpha value is 0.109. The fraction of sp³-hybridized carbons (Fsp3) is 0.938. The normalized spacial score (nSPS) is 99.2. The van der Waals surface area contributed by atoms with Gasteiger partial charge < -0.3 is 11.5 Å². The molecular weight excluding hydrogens is 292 g/mol. The molecule has 10 saturated heterocycles. The molecular formula is C16H24FeN2O. The molecule has 0 unspecified atom stereocenters. The van der Waals surface area contributed by atoms with Crippen molar-refractivity contribution in [2.45, 2.75) is 80.5 Å². The first-order valence-corrected chi connectivity index (χ1v) is 14.8. The summed E-state index contributed by atoms with van der Waals surface area (Å²) in [5, 5.41) is 0. The van der Waals surface area contributed by atoms with Crippen molar-refractivity contribution in [3.05, 3.63) is 0 Å². The van der Waals surface area contributed by atoms with Crippen LogP contribution in [0.2, 0.25) is 48.2 Å². The van der Waals surface area contributed by atoms with Gasteiger partial charge in [-0.25, -0.2) is 0 Å². The van der Waals surface area contributed by atoms with Crippen LogP contribution in [0.1, 0.15) is 26.7 Å². The van der Waals surface area contributed by atoms with E-state index < -0.39 is 12.2 Å². The van der Waals surface area contributed by atoms with Crippen molar-refractivity contribution in [1.29, 1.82) is 0 Å². The first kappa shape index (κ1) is 9.29. The third-order valence-electron chi connectivity index (χ3n) is 15.9. The quantitative estimate of drug-likeness (QED) is 0.619. The topological polar surface area (TPSA) is 69.1 Å². The Morgan fingerprint density at radius 3 is 1.25 bits per heavy atom. The Morgan fingerprint density at radius 2 is 1.20 bits per heavy atom. The molecule has 0 aromatic rings. The van der Waals surface area contributed by atoms with Crippen molar-refractivity contribution in [2.75, 3.05) is 0 Å². The van der Waals surface area contributed by atoms with E-state index in [-0.39, 0.29) is 5.78 Å². The summed E-state index contributed by atoms with van der Waals surface area (Å²) in [6.07, 6.45) is 1.40. The Balaban J connectivity index is 0.0000000826. The van der Waals surface area contributed by atoms with Crippen LogP contribution < -0.4 is 11.5 Å². The SMILES string of the molecule is CCCC(N)(N)C(C)=O.[CH]12[CH]3[CH]4[CH]5[CH]1[Fe]23451678[CH]2[CH]1[CH]6[CH]7[CH]28. The number of hydrogen-bond donors (Lipinski definition) is 2. The Bertz CT molecular complexity index is 798. The van der Waals surface area contributed by atoms with Crippen LogP contribution in [0.5, 0.6) is 0 Å². The summed E-state index contributed by atoms with van der Waals surface area (Å²) in [6.45, 7) is 1.07. The van der Waals surface area contributed by atoms with Gasteiger partial charge in [0.25, 0.3) is 0 Å². The molecule has 10 rings (SSSR count). The molecule has 10 aliphatic heterocycles. The van der Waals surface area contributed by atoms with Gasteiger partial charge in [0.05, 0.1) is 0 Å². The van der Waals surface area contributed by atoms with Gasteiger partial charge in [-0.3, -0.25) is 4.79 Å². The number of fused-ring (bicyclic) bond motifs is 10. The summed E-state index contributed by atoms with van der Waals surface area (Å²) in [5.41, 5.74) is 9.71. The Labute approximate surface area is 109 Å². The maximum atomic E-state index is 10.6. The third kappa shape index (κ3) is 0.120. The van der Waals surface area contributed by atoms with Gasteiger partial charge in [0.1, 0.15) is 5.66 Å². The summed E-state index contributed by atoms with van der Waals surface area (Å²) in [4.78, 5) is 26.5. The average Bonchev–Trinajstić information content (AvgIpc) is 3.32. The molecule has 0 aliphatic carbocycles. The third-order valence-corrected chi connectivity index (χ3v) is 57.8. The van der Waals surface area contributed by atoms with Crippen molar-refractivity contribution in [2.24, 2.45) is 11.5 Å². The molecule has 3 nitrogen and oxygen atoms in total. The Kier molecular flexibility index (Phi) is 0.393. The van der Waals surface area contributed by atoms with E-state index in [1.165, 1.54) is 6.92 Å². The first-order chi connectivity index (χ1) is 9.16. The van der Waals surface area contributed by atoms with Gasteiger partial charge in [0.2, 0.25) is 0 Å². The van der Waals surface area contributed by atoms with Crippen molar-refractivity contribution in [3.8, 4) is 0 Å². The monoisotopic (exact) mass is 316 g/mol. The molecule has 10 fully saturated rings. The van der Waals surface area contributed by atoms with E-state index in [9.17, 15) is 4.79 Å². The second-order valence-electron chi connectivity index (χ2n) is 11.9. The van der Waals surface area contributed by atoms with E-state index in [1.54, 1.807) is 48.2 Å². The van der Waals surface area contributed by atoms with Gasteiger partial charge in [-0.1, -0.05) is 13.3 Å². The van der Waals surface area contributed by atoms with Crippen LogP contribution in [0.15, 0.2) is 0 Å². The summed E-state index contributed by atoms with van der Waals surface area (Å²) in [6, 6.07) is 0. The fourth-order valence-electron chi connectivity index (χ4n) is 16.4. The standard InChI is InChI=1S/C6H14N2O.2C5H5.Fe/c1-3-4-6(7,8)5(2)9;2*1-2-4-5-3-1;/h3-4,7-8H2,1-2H3;2*1-5H;. The van der Waals surface area contributed by atoms with Gasteiger partial charge in [-0.2, -0.15) is 0 Å². The molecule has 0 radical (unpaired) electrons.